The number of pyridine rings is 2. The van der Waals surface area contributed by atoms with Gasteiger partial charge >= 0.3 is 5.97 Å². The highest BCUT2D eigenvalue weighted by Gasteiger charge is 2.08. The van der Waals surface area contributed by atoms with Gasteiger partial charge in [0.15, 0.2) is 0 Å². The van der Waals surface area contributed by atoms with E-state index in [1.54, 1.807) is 0 Å². The summed E-state index contributed by atoms with van der Waals surface area (Å²) in [5.74, 6) is -1.46. The minimum atomic E-state index is -1.07. The third-order valence-electron chi connectivity index (χ3n) is 2.27. The van der Waals surface area contributed by atoms with Crippen molar-refractivity contribution in [2.75, 3.05) is 11.5 Å². The van der Waals surface area contributed by atoms with Gasteiger partial charge in [-0.25, -0.2) is 14.8 Å². The van der Waals surface area contributed by atoms with Crippen molar-refractivity contribution >= 4 is 67.8 Å². The number of hydrogen-bond donors (Lipinski definition) is 5. The lowest BCUT2D eigenvalue weighted by atomic mass is 10.2. The van der Waals surface area contributed by atoms with Crippen LogP contribution in [0.5, 0.6) is 0 Å². The van der Waals surface area contributed by atoms with Gasteiger partial charge in [0, 0.05) is 21.3 Å². The van der Waals surface area contributed by atoms with E-state index in [0.29, 0.717) is 8.95 Å². The van der Waals surface area contributed by atoms with Crippen LogP contribution in [0.25, 0.3) is 0 Å². The van der Waals surface area contributed by atoms with E-state index >= 15 is 0 Å². The van der Waals surface area contributed by atoms with Crippen LogP contribution in [-0.4, -0.2) is 27.0 Å². The van der Waals surface area contributed by atoms with Crippen LogP contribution in [0.2, 0.25) is 0 Å². The molecule has 132 valence electrons. The summed E-state index contributed by atoms with van der Waals surface area (Å²) < 4.78 is 1.28. The highest BCUT2D eigenvalue weighted by molar-refractivity contribution is 9.10. The maximum Gasteiger partial charge on any atom is 0.339 e. The number of hydrogen-bond acceptors (Lipinski definition) is 7. The van der Waals surface area contributed by atoms with Crippen LogP contribution in [0, 0.1) is 0 Å². The predicted octanol–water partition coefficient (Wildman–Crippen LogP) is 2.23. The molecule has 0 saturated heterocycles. The molecule has 0 saturated carbocycles. The zero-order valence-electron chi connectivity index (χ0n) is 12.1. The summed E-state index contributed by atoms with van der Waals surface area (Å²) in [7, 11) is 0. The molecule has 2 heterocycles. The zero-order valence-corrected chi connectivity index (χ0v) is 16.1. The predicted molar refractivity (Wildman–Crippen MR) is 100 cm³/mol. The molecule has 0 aliphatic carbocycles. The number of anilines is 2. The van der Waals surface area contributed by atoms with E-state index in [9.17, 15) is 9.59 Å². The van der Waals surface area contributed by atoms with Crippen molar-refractivity contribution in [3.8, 4) is 0 Å². The fourth-order valence-corrected chi connectivity index (χ4v) is 1.93. The summed E-state index contributed by atoms with van der Waals surface area (Å²) in [4.78, 5) is 28.5. The lowest BCUT2D eigenvalue weighted by Crippen LogP contribution is -2.14. The average molecular weight is 487 g/mol. The summed E-state index contributed by atoms with van der Waals surface area (Å²) >= 11 is 6.22. The van der Waals surface area contributed by atoms with Crippen molar-refractivity contribution < 1.29 is 14.7 Å². The first-order valence-corrected chi connectivity index (χ1v) is 7.16. The molecule has 0 fully saturated rings. The van der Waals surface area contributed by atoms with Gasteiger partial charge in [0.2, 0.25) is 0 Å². The first-order chi connectivity index (χ1) is 10.2. The van der Waals surface area contributed by atoms with E-state index in [0.717, 1.165) is 0 Å². The van der Waals surface area contributed by atoms with Crippen LogP contribution >= 0.6 is 44.3 Å². The van der Waals surface area contributed by atoms with E-state index in [1.165, 1.54) is 24.5 Å². The maximum atomic E-state index is 10.7. The van der Waals surface area contributed by atoms with Crippen LogP contribution in [-0.2, 0) is 0 Å². The molecular formula is C12H15Br2ClN6O3. The summed E-state index contributed by atoms with van der Waals surface area (Å²) in [6.07, 6.45) is 2.95. The SMILES string of the molecule is Cl.N.NC(=O)c1cc(Br)cnc1N.Nc1ncc(Br)cc1C(=O)O. The molecule has 24 heavy (non-hydrogen) atoms. The van der Waals surface area contributed by atoms with Gasteiger partial charge in [0.05, 0.1) is 5.56 Å². The molecule has 2 aromatic heterocycles. The maximum absolute atomic E-state index is 10.7. The number of aromatic carboxylic acids is 1. The normalized spacial score (nSPS) is 8.75. The van der Waals surface area contributed by atoms with Crippen molar-refractivity contribution in [1.29, 1.82) is 0 Å². The molecule has 0 aromatic carbocycles. The first kappa shape index (κ1) is 24.3. The second-order valence-electron chi connectivity index (χ2n) is 3.84. The highest BCUT2D eigenvalue weighted by atomic mass is 79.9. The molecule has 0 unspecified atom stereocenters. The molecule has 1 amide bonds. The number of nitrogens with zero attached hydrogens (tertiary/aromatic N) is 2. The third kappa shape index (κ3) is 7.08. The van der Waals surface area contributed by atoms with Crippen molar-refractivity contribution in [2.24, 2.45) is 5.73 Å². The Morgan fingerprint density at radius 1 is 0.958 bits per heavy atom. The Bertz CT molecular complexity index is 670. The Kier molecular flexibility index (Phi) is 10.9. The number of halogens is 3. The van der Waals surface area contributed by atoms with E-state index in [-0.39, 0.29) is 41.3 Å². The number of primary amides is 1. The van der Waals surface area contributed by atoms with Crippen LogP contribution in [0.1, 0.15) is 20.7 Å². The molecule has 0 bridgehead atoms. The van der Waals surface area contributed by atoms with Crippen LogP contribution < -0.4 is 23.4 Å². The Hall–Kier alpha value is -1.95. The number of nitrogens with two attached hydrogens (primary N) is 3. The van der Waals surface area contributed by atoms with Gasteiger partial charge in [0.1, 0.15) is 17.2 Å². The molecule has 0 aliphatic rings. The zero-order chi connectivity index (χ0) is 16.9. The summed E-state index contributed by atoms with van der Waals surface area (Å²) in [5, 5.41) is 8.55. The molecule has 12 heteroatoms. The fourth-order valence-electron chi connectivity index (χ4n) is 1.27. The highest BCUT2D eigenvalue weighted by Crippen LogP contribution is 2.15. The van der Waals surface area contributed by atoms with Gasteiger partial charge in [-0.15, -0.1) is 12.4 Å². The number of carbonyl (C=O) groups excluding carboxylic acids is 1. The fraction of sp³-hybridized carbons (Fsp3) is 0. The van der Waals surface area contributed by atoms with Crippen molar-refractivity contribution in [2.45, 2.75) is 0 Å². The number of nitrogen functional groups attached to an aromatic ring is 2. The molecule has 0 spiro atoms. The Morgan fingerprint density at radius 2 is 1.33 bits per heavy atom. The second-order valence-corrected chi connectivity index (χ2v) is 5.67. The third-order valence-corrected chi connectivity index (χ3v) is 3.13. The molecule has 0 atom stereocenters. The lowest BCUT2D eigenvalue weighted by molar-refractivity contribution is 0.0697. The average Bonchev–Trinajstić information content (AvgIpc) is 2.44. The molecule has 0 radical (unpaired) electrons. The van der Waals surface area contributed by atoms with Crippen molar-refractivity contribution in [1.82, 2.24) is 16.1 Å². The second kappa shape index (κ2) is 10.8. The topological polar surface area (TPSA) is 193 Å². The quantitative estimate of drug-likeness (QED) is 0.426. The monoisotopic (exact) mass is 484 g/mol. The summed E-state index contributed by atoms with van der Waals surface area (Å²) in [6.45, 7) is 0. The van der Waals surface area contributed by atoms with Crippen LogP contribution in [0.4, 0.5) is 11.6 Å². The number of rotatable bonds is 2. The molecule has 9 nitrogen and oxygen atoms in total. The van der Waals surface area contributed by atoms with E-state index < -0.39 is 11.9 Å². The van der Waals surface area contributed by atoms with Crippen molar-refractivity contribution in [3.05, 3.63) is 44.6 Å². The number of carboxylic acid groups (broad SMARTS) is 1. The number of carbonyl (C=O) groups is 2. The number of carboxylic acids is 1. The van der Waals surface area contributed by atoms with Crippen LogP contribution in [0.3, 0.4) is 0 Å². The van der Waals surface area contributed by atoms with Gasteiger partial charge in [0.25, 0.3) is 5.91 Å². The first-order valence-electron chi connectivity index (χ1n) is 5.57. The Labute approximate surface area is 160 Å². The van der Waals surface area contributed by atoms with Gasteiger partial charge < -0.3 is 28.5 Å². The Balaban J connectivity index is 0. The van der Waals surface area contributed by atoms with Gasteiger partial charge in [-0.05, 0) is 44.0 Å². The standard InChI is InChI=1S/C6H6BrN3O.C6H5BrN2O2.ClH.H3N/c7-3-1-4(6(9)11)5(8)10-2-3;7-3-1-4(6(10)11)5(8)9-2-3;;/h1-2H,(H2,8,10)(H2,9,11);1-2H,(H2,8,9)(H,10,11);1H;1H3. The van der Waals surface area contributed by atoms with Gasteiger partial charge in [-0.3, -0.25) is 4.79 Å². The number of amides is 1. The summed E-state index contributed by atoms with van der Waals surface area (Å²) in [6, 6.07) is 2.94. The van der Waals surface area contributed by atoms with E-state index in [1.807, 2.05) is 0 Å². The minimum Gasteiger partial charge on any atom is -0.478 e. The smallest absolute Gasteiger partial charge is 0.339 e. The molecule has 0 aliphatic heterocycles. The van der Waals surface area contributed by atoms with Crippen molar-refractivity contribution in [3.63, 3.8) is 0 Å². The molecular weight excluding hydrogens is 471 g/mol. The molecule has 2 rings (SSSR count). The van der Waals surface area contributed by atoms with E-state index in [4.69, 9.17) is 22.3 Å². The largest absolute Gasteiger partial charge is 0.478 e. The molecule has 10 N–H and O–H groups in total. The Morgan fingerprint density at radius 3 is 1.62 bits per heavy atom. The van der Waals surface area contributed by atoms with Gasteiger partial charge in [-0.2, -0.15) is 0 Å². The lowest BCUT2D eigenvalue weighted by Gasteiger charge is -1.99. The minimum absolute atomic E-state index is 0. The van der Waals surface area contributed by atoms with Crippen LogP contribution in [0.15, 0.2) is 33.5 Å². The summed E-state index contributed by atoms with van der Waals surface area (Å²) in [5.41, 5.74) is 15.9. The van der Waals surface area contributed by atoms with Gasteiger partial charge in [-0.1, -0.05) is 0 Å². The molecule has 2 aromatic rings. The van der Waals surface area contributed by atoms with E-state index in [2.05, 4.69) is 41.8 Å². The number of aromatic nitrogens is 2.